The highest BCUT2D eigenvalue weighted by molar-refractivity contribution is 5.78. The number of methoxy groups -OCH3 is 1. The molecule has 0 radical (unpaired) electrons. The zero-order valence-corrected chi connectivity index (χ0v) is 13.5. The molecule has 0 aliphatic rings. The summed E-state index contributed by atoms with van der Waals surface area (Å²) in [6, 6.07) is 14.2. The van der Waals surface area contributed by atoms with Crippen LogP contribution in [0.4, 0.5) is 0 Å². The number of hydrogen-bond donors (Lipinski definition) is 1. The van der Waals surface area contributed by atoms with Gasteiger partial charge in [0.05, 0.1) is 13.5 Å². The van der Waals surface area contributed by atoms with Crippen LogP contribution in [0.1, 0.15) is 22.3 Å². The Morgan fingerprint density at radius 2 is 1.73 bits per heavy atom. The van der Waals surface area contributed by atoms with Gasteiger partial charge in [0.15, 0.2) is 0 Å². The topological polar surface area (TPSA) is 38.3 Å². The summed E-state index contributed by atoms with van der Waals surface area (Å²) in [4.78, 5) is 12.0. The van der Waals surface area contributed by atoms with Crippen LogP contribution in [0, 0.1) is 13.8 Å². The van der Waals surface area contributed by atoms with Crippen molar-refractivity contribution in [3.63, 3.8) is 0 Å². The maximum absolute atomic E-state index is 12.0. The van der Waals surface area contributed by atoms with Crippen LogP contribution in [-0.2, 0) is 17.6 Å². The smallest absolute Gasteiger partial charge is 0.224 e. The van der Waals surface area contributed by atoms with E-state index in [0.29, 0.717) is 13.0 Å². The van der Waals surface area contributed by atoms with Gasteiger partial charge >= 0.3 is 0 Å². The monoisotopic (exact) mass is 297 g/mol. The molecule has 22 heavy (non-hydrogen) atoms. The number of amides is 1. The summed E-state index contributed by atoms with van der Waals surface area (Å²) in [5, 5.41) is 2.97. The Morgan fingerprint density at radius 3 is 2.41 bits per heavy atom. The third kappa shape index (κ3) is 4.62. The fourth-order valence-corrected chi connectivity index (χ4v) is 2.39. The Bertz CT molecular complexity index is 632. The summed E-state index contributed by atoms with van der Waals surface area (Å²) < 4.78 is 5.35. The number of carbonyl (C=O) groups excluding carboxylic acids is 1. The molecule has 0 unspecified atom stereocenters. The Morgan fingerprint density at radius 1 is 1.05 bits per heavy atom. The first-order valence-electron chi connectivity index (χ1n) is 7.54. The molecule has 0 saturated carbocycles. The van der Waals surface area contributed by atoms with Crippen molar-refractivity contribution in [2.24, 2.45) is 0 Å². The van der Waals surface area contributed by atoms with E-state index < -0.39 is 0 Å². The third-order valence-corrected chi connectivity index (χ3v) is 3.64. The van der Waals surface area contributed by atoms with Crippen molar-refractivity contribution in [3.8, 4) is 5.75 Å². The van der Waals surface area contributed by atoms with Gasteiger partial charge in [-0.3, -0.25) is 4.79 Å². The van der Waals surface area contributed by atoms with E-state index in [1.165, 1.54) is 11.1 Å². The molecule has 0 aliphatic carbocycles. The van der Waals surface area contributed by atoms with Gasteiger partial charge in [-0.05, 0) is 37.5 Å². The second kappa shape index (κ2) is 7.64. The lowest BCUT2D eigenvalue weighted by Crippen LogP contribution is -2.27. The Balaban J connectivity index is 1.84. The van der Waals surface area contributed by atoms with E-state index in [-0.39, 0.29) is 5.91 Å². The highest BCUT2D eigenvalue weighted by Gasteiger charge is 2.06. The van der Waals surface area contributed by atoms with Crippen molar-refractivity contribution in [1.29, 1.82) is 0 Å². The second-order valence-electron chi connectivity index (χ2n) is 5.58. The summed E-state index contributed by atoms with van der Waals surface area (Å²) in [7, 11) is 1.67. The average molecular weight is 297 g/mol. The van der Waals surface area contributed by atoms with E-state index in [2.05, 4.69) is 18.3 Å². The van der Waals surface area contributed by atoms with Crippen molar-refractivity contribution >= 4 is 5.91 Å². The summed E-state index contributed by atoms with van der Waals surface area (Å²) in [5.74, 6) is 0.925. The van der Waals surface area contributed by atoms with Crippen molar-refractivity contribution in [2.45, 2.75) is 26.7 Å². The van der Waals surface area contributed by atoms with E-state index in [1.54, 1.807) is 7.11 Å². The number of aryl methyl sites for hydroxylation is 2. The van der Waals surface area contributed by atoms with E-state index >= 15 is 0 Å². The Hall–Kier alpha value is -2.29. The molecule has 2 aromatic rings. The summed E-state index contributed by atoms with van der Waals surface area (Å²) in [5.41, 5.74) is 4.56. The molecular weight excluding hydrogens is 274 g/mol. The number of carbonyl (C=O) groups is 1. The van der Waals surface area contributed by atoms with Gasteiger partial charge in [-0.1, -0.05) is 47.5 Å². The first-order valence-corrected chi connectivity index (χ1v) is 7.54. The van der Waals surface area contributed by atoms with Gasteiger partial charge in [0.25, 0.3) is 0 Å². The van der Waals surface area contributed by atoms with Crippen LogP contribution in [0.5, 0.6) is 5.75 Å². The molecular formula is C19H23NO2. The number of hydrogen-bond acceptors (Lipinski definition) is 2. The molecule has 1 amide bonds. The highest BCUT2D eigenvalue weighted by Crippen LogP contribution is 2.19. The lowest BCUT2D eigenvalue weighted by Gasteiger charge is -2.10. The van der Waals surface area contributed by atoms with Gasteiger partial charge < -0.3 is 10.1 Å². The first-order chi connectivity index (χ1) is 10.6. The normalized spacial score (nSPS) is 10.3. The maximum Gasteiger partial charge on any atom is 0.224 e. The van der Waals surface area contributed by atoms with Crippen LogP contribution in [0.2, 0.25) is 0 Å². The van der Waals surface area contributed by atoms with Crippen LogP contribution >= 0.6 is 0 Å². The van der Waals surface area contributed by atoms with Crippen LogP contribution in [0.3, 0.4) is 0 Å². The number of ether oxygens (including phenoxy) is 1. The largest absolute Gasteiger partial charge is 0.496 e. The summed E-state index contributed by atoms with van der Waals surface area (Å²) in [6.07, 6.45) is 1.19. The molecule has 0 saturated heterocycles. The van der Waals surface area contributed by atoms with Crippen molar-refractivity contribution in [2.75, 3.05) is 13.7 Å². The Labute approximate surface area is 132 Å². The van der Waals surface area contributed by atoms with Gasteiger partial charge in [-0.25, -0.2) is 0 Å². The van der Waals surface area contributed by atoms with Gasteiger partial charge in [0.2, 0.25) is 5.91 Å². The zero-order valence-electron chi connectivity index (χ0n) is 13.5. The molecule has 0 bridgehead atoms. The quantitative estimate of drug-likeness (QED) is 0.889. The Kier molecular flexibility index (Phi) is 5.59. The fraction of sp³-hybridized carbons (Fsp3) is 0.316. The minimum atomic E-state index is 0.0514. The molecule has 2 rings (SSSR count). The molecule has 2 aromatic carbocycles. The molecule has 0 spiro atoms. The lowest BCUT2D eigenvalue weighted by molar-refractivity contribution is -0.120. The van der Waals surface area contributed by atoms with Crippen molar-refractivity contribution in [1.82, 2.24) is 5.32 Å². The number of benzene rings is 2. The van der Waals surface area contributed by atoms with E-state index in [9.17, 15) is 4.79 Å². The molecule has 116 valence electrons. The predicted octanol–water partition coefficient (Wildman–Crippen LogP) is 3.21. The lowest BCUT2D eigenvalue weighted by atomic mass is 10.1. The second-order valence-corrected chi connectivity index (χ2v) is 5.58. The first kappa shape index (κ1) is 16.1. The minimum Gasteiger partial charge on any atom is -0.496 e. The molecule has 0 atom stereocenters. The molecule has 0 heterocycles. The summed E-state index contributed by atoms with van der Waals surface area (Å²) >= 11 is 0. The highest BCUT2D eigenvalue weighted by atomic mass is 16.5. The van der Waals surface area contributed by atoms with Gasteiger partial charge in [0.1, 0.15) is 5.75 Å². The molecule has 0 aromatic heterocycles. The zero-order chi connectivity index (χ0) is 15.9. The molecule has 0 fully saturated rings. The van der Waals surface area contributed by atoms with Crippen molar-refractivity contribution in [3.05, 3.63) is 64.7 Å². The minimum absolute atomic E-state index is 0.0514. The van der Waals surface area contributed by atoms with E-state index in [0.717, 1.165) is 23.3 Å². The van der Waals surface area contributed by atoms with Crippen LogP contribution in [0.25, 0.3) is 0 Å². The van der Waals surface area contributed by atoms with Crippen LogP contribution < -0.4 is 10.1 Å². The fourth-order valence-electron chi connectivity index (χ4n) is 2.39. The molecule has 3 nitrogen and oxygen atoms in total. The predicted molar refractivity (Wildman–Crippen MR) is 89.3 cm³/mol. The molecule has 1 N–H and O–H groups in total. The van der Waals surface area contributed by atoms with Crippen molar-refractivity contribution < 1.29 is 9.53 Å². The van der Waals surface area contributed by atoms with Gasteiger partial charge in [-0.2, -0.15) is 0 Å². The number of nitrogens with one attached hydrogen (secondary N) is 1. The molecule has 0 aliphatic heterocycles. The average Bonchev–Trinajstić information content (AvgIpc) is 2.50. The van der Waals surface area contributed by atoms with E-state index in [1.807, 2.05) is 43.3 Å². The van der Waals surface area contributed by atoms with Crippen LogP contribution in [0.15, 0.2) is 42.5 Å². The van der Waals surface area contributed by atoms with E-state index in [4.69, 9.17) is 4.74 Å². The van der Waals surface area contributed by atoms with Crippen LogP contribution in [-0.4, -0.2) is 19.6 Å². The SMILES string of the molecule is COc1ccc(C)cc1CCNC(=O)Cc1ccc(C)cc1. The molecule has 3 heteroatoms. The maximum atomic E-state index is 12.0. The van der Waals surface area contributed by atoms with Gasteiger partial charge in [-0.15, -0.1) is 0 Å². The van der Waals surface area contributed by atoms with Gasteiger partial charge in [0, 0.05) is 6.54 Å². The summed E-state index contributed by atoms with van der Waals surface area (Å²) in [6.45, 7) is 4.71. The third-order valence-electron chi connectivity index (χ3n) is 3.64. The number of rotatable bonds is 6. The standard InChI is InChI=1S/C19H23NO2/c1-14-4-7-16(8-5-14)13-19(21)20-11-10-17-12-15(2)6-9-18(17)22-3/h4-9,12H,10-11,13H2,1-3H3,(H,20,21).